The molecule has 0 unspecified atom stereocenters. The third-order valence-corrected chi connectivity index (χ3v) is 3.52. The van der Waals surface area contributed by atoms with Crippen LogP contribution in [0.2, 0.25) is 0 Å². The van der Waals surface area contributed by atoms with Crippen LogP contribution in [-0.4, -0.2) is 51.9 Å². The van der Waals surface area contributed by atoms with Crippen molar-refractivity contribution in [3.63, 3.8) is 0 Å². The Labute approximate surface area is 142 Å². The van der Waals surface area contributed by atoms with Gasteiger partial charge >= 0.3 is 5.97 Å². The average molecular weight is 351 g/mol. The van der Waals surface area contributed by atoms with Crippen molar-refractivity contribution in [2.75, 3.05) is 24.9 Å². The lowest BCUT2D eigenvalue weighted by molar-refractivity contribution is -0.139. The molecular weight excluding hydrogens is 334 g/mol. The molecule has 0 aliphatic carbocycles. The number of carbonyl (C=O) groups excluding carboxylic acids is 1. The fourth-order valence-corrected chi connectivity index (χ4v) is 2.21. The van der Waals surface area contributed by atoms with E-state index in [1.807, 2.05) is 0 Å². The third-order valence-electron chi connectivity index (χ3n) is 2.70. The second-order valence-corrected chi connectivity index (χ2v) is 5.30. The first-order valence-corrected chi connectivity index (χ1v) is 7.97. The number of aromatic hydroxyl groups is 1. The molecule has 0 saturated heterocycles. The number of phenols is 1. The van der Waals surface area contributed by atoms with Crippen LogP contribution in [0.4, 0.5) is 5.95 Å². The summed E-state index contributed by atoms with van der Waals surface area (Å²) < 4.78 is 9.89. The molecule has 0 bridgehead atoms. The molecule has 0 aliphatic heterocycles. The number of phenolic OH excluding ortho intramolecular Hbond substituents is 1. The van der Waals surface area contributed by atoms with Gasteiger partial charge in [0.05, 0.1) is 25.7 Å². The van der Waals surface area contributed by atoms with Crippen LogP contribution in [0.15, 0.2) is 28.5 Å². The summed E-state index contributed by atoms with van der Waals surface area (Å²) >= 11 is 1.15. The van der Waals surface area contributed by atoms with Crippen LogP contribution in [0.1, 0.15) is 12.5 Å². The predicted molar refractivity (Wildman–Crippen MR) is 89.6 cm³/mol. The van der Waals surface area contributed by atoms with E-state index in [-0.39, 0.29) is 17.5 Å². The fourth-order valence-electron chi connectivity index (χ4n) is 1.61. The number of nitrogens with zero attached hydrogens (tertiary/aromatic N) is 3. The molecule has 0 amide bonds. The number of ether oxygens (including phenoxy) is 2. The number of thioether (sulfide) groups is 1. The highest BCUT2D eigenvalue weighted by Gasteiger charge is 2.07. The maximum absolute atomic E-state index is 11.3. The van der Waals surface area contributed by atoms with Gasteiger partial charge in [-0.05, 0) is 25.1 Å². The molecule has 2 aromatic rings. The highest BCUT2D eigenvalue weighted by molar-refractivity contribution is 7.99. The highest BCUT2D eigenvalue weighted by Crippen LogP contribution is 2.21. The molecule has 1 aromatic heterocycles. The lowest BCUT2D eigenvalue weighted by Crippen LogP contribution is -2.06. The van der Waals surface area contributed by atoms with Crippen LogP contribution in [0, 0.1) is 0 Å². The van der Waals surface area contributed by atoms with E-state index in [1.54, 1.807) is 19.1 Å². The number of hydrazone groups is 1. The first-order chi connectivity index (χ1) is 11.6. The monoisotopic (exact) mass is 351 g/mol. The van der Waals surface area contributed by atoms with Gasteiger partial charge in [-0.3, -0.25) is 4.79 Å². The first kappa shape index (κ1) is 17.6. The van der Waals surface area contributed by atoms with Gasteiger partial charge < -0.3 is 14.6 Å². The van der Waals surface area contributed by atoms with E-state index in [0.29, 0.717) is 29.0 Å². The van der Waals surface area contributed by atoms with E-state index in [2.05, 4.69) is 25.7 Å². The van der Waals surface area contributed by atoms with Crippen molar-refractivity contribution in [2.24, 2.45) is 5.10 Å². The molecule has 1 aromatic carbocycles. The fraction of sp³-hybridized carbons (Fsp3) is 0.286. The van der Waals surface area contributed by atoms with Gasteiger partial charge in [-0.1, -0.05) is 11.8 Å². The van der Waals surface area contributed by atoms with E-state index in [0.717, 1.165) is 11.8 Å². The van der Waals surface area contributed by atoms with E-state index in [9.17, 15) is 9.90 Å². The third kappa shape index (κ3) is 5.16. The van der Waals surface area contributed by atoms with E-state index < -0.39 is 0 Å². The van der Waals surface area contributed by atoms with Crippen molar-refractivity contribution in [1.82, 2.24) is 15.2 Å². The van der Waals surface area contributed by atoms with Gasteiger partial charge in [0.15, 0.2) is 0 Å². The number of hydrogen-bond donors (Lipinski definition) is 3. The molecule has 0 atom stereocenters. The minimum atomic E-state index is -0.326. The van der Waals surface area contributed by atoms with Gasteiger partial charge in [0.25, 0.3) is 0 Å². The van der Waals surface area contributed by atoms with Crippen molar-refractivity contribution in [2.45, 2.75) is 12.1 Å². The zero-order valence-electron chi connectivity index (χ0n) is 13.1. The molecule has 0 saturated carbocycles. The van der Waals surface area contributed by atoms with E-state index in [4.69, 9.17) is 9.47 Å². The Hall–Kier alpha value is -2.75. The summed E-state index contributed by atoms with van der Waals surface area (Å²) in [6, 6.07) is 4.80. The predicted octanol–water partition coefficient (Wildman–Crippen LogP) is 1.62. The molecule has 24 heavy (non-hydrogen) atoms. The Morgan fingerprint density at radius 1 is 1.54 bits per heavy atom. The minimum absolute atomic E-state index is 0.0737. The molecule has 0 spiro atoms. The summed E-state index contributed by atoms with van der Waals surface area (Å²) in [5, 5.41) is 20.7. The number of anilines is 1. The maximum Gasteiger partial charge on any atom is 0.316 e. The van der Waals surface area contributed by atoms with E-state index in [1.165, 1.54) is 19.4 Å². The second kappa shape index (κ2) is 8.77. The van der Waals surface area contributed by atoms with Gasteiger partial charge in [-0.25, -0.2) is 10.5 Å². The number of rotatable bonds is 8. The Morgan fingerprint density at radius 3 is 3.12 bits per heavy atom. The average Bonchev–Trinajstić information content (AvgIpc) is 3.03. The Balaban J connectivity index is 1.89. The van der Waals surface area contributed by atoms with Crippen molar-refractivity contribution in [3.8, 4) is 11.5 Å². The summed E-state index contributed by atoms with van der Waals surface area (Å²) in [6.07, 6.45) is 1.42. The van der Waals surface area contributed by atoms with E-state index >= 15 is 0 Å². The Bertz CT molecular complexity index is 719. The lowest BCUT2D eigenvalue weighted by Gasteiger charge is -2.02. The molecule has 0 aliphatic rings. The quantitative estimate of drug-likeness (QED) is 0.284. The number of aromatic nitrogens is 3. The van der Waals surface area contributed by atoms with Gasteiger partial charge in [0.1, 0.15) is 11.5 Å². The number of esters is 1. The number of nitrogens with one attached hydrogen (secondary N) is 2. The summed E-state index contributed by atoms with van der Waals surface area (Å²) in [4.78, 5) is 15.4. The summed E-state index contributed by atoms with van der Waals surface area (Å²) in [6.45, 7) is 2.08. The molecule has 10 heteroatoms. The van der Waals surface area contributed by atoms with Crippen LogP contribution in [-0.2, 0) is 9.53 Å². The summed E-state index contributed by atoms with van der Waals surface area (Å²) in [5.41, 5.74) is 3.13. The highest BCUT2D eigenvalue weighted by atomic mass is 32.2. The zero-order chi connectivity index (χ0) is 17.4. The number of H-pyrrole nitrogens is 1. The van der Waals surface area contributed by atoms with Crippen molar-refractivity contribution in [1.29, 1.82) is 0 Å². The first-order valence-electron chi connectivity index (χ1n) is 6.99. The molecule has 9 nitrogen and oxygen atoms in total. The maximum atomic E-state index is 11.3. The Kier molecular flexibility index (Phi) is 6.43. The van der Waals surface area contributed by atoms with Crippen LogP contribution in [0.25, 0.3) is 0 Å². The molecule has 0 radical (unpaired) electrons. The largest absolute Gasteiger partial charge is 0.507 e. The van der Waals surface area contributed by atoms with Gasteiger partial charge in [-0.2, -0.15) is 10.1 Å². The molecule has 2 rings (SSSR count). The minimum Gasteiger partial charge on any atom is -0.507 e. The summed E-state index contributed by atoms with van der Waals surface area (Å²) in [7, 11) is 1.54. The zero-order valence-corrected chi connectivity index (χ0v) is 14.0. The topological polar surface area (TPSA) is 122 Å². The molecular formula is C14H17N5O4S. The van der Waals surface area contributed by atoms with Crippen molar-refractivity contribution >= 4 is 29.9 Å². The number of hydrogen-bond acceptors (Lipinski definition) is 9. The van der Waals surface area contributed by atoms with Crippen molar-refractivity contribution < 1.29 is 19.4 Å². The van der Waals surface area contributed by atoms with Crippen LogP contribution >= 0.6 is 11.8 Å². The smallest absolute Gasteiger partial charge is 0.316 e. The SMILES string of the molecule is CCOC(=O)CSc1n[nH]c(N/N=C/c2cc(OC)ccc2O)n1. The summed E-state index contributed by atoms with van der Waals surface area (Å²) in [5.74, 6) is 0.788. The lowest BCUT2D eigenvalue weighted by atomic mass is 10.2. The number of aromatic amines is 1. The number of methoxy groups -OCH3 is 1. The number of benzene rings is 1. The van der Waals surface area contributed by atoms with Gasteiger partial charge in [0, 0.05) is 5.56 Å². The normalized spacial score (nSPS) is 10.8. The van der Waals surface area contributed by atoms with Crippen LogP contribution in [0.5, 0.6) is 11.5 Å². The standard InChI is InChI=1S/C14H17N5O4S/c1-3-23-12(21)8-24-14-16-13(18-19-14)17-15-7-9-6-10(22-2)4-5-11(9)20/h4-7,20H,3,8H2,1-2H3,(H2,16,17,18,19)/b15-7+. The molecule has 128 valence electrons. The second-order valence-electron chi connectivity index (χ2n) is 4.36. The van der Waals surface area contributed by atoms with Crippen LogP contribution in [0.3, 0.4) is 0 Å². The Morgan fingerprint density at radius 2 is 2.38 bits per heavy atom. The van der Waals surface area contributed by atoms with Crippen molar-refractivity contribution in [3.05, 3.63) is 23.8 Å². The van der Waals surface area contributed by atoms with Gasteiger partial charge in [0.2, 0.25) is 11.1 Å². The van der Waals surface area contributed by atoms with Gasteiger partial charge in [-0.15, -0.1) is 5.10 Å². The molecule has 3 N–H and O–H groups in total. The van der Waals surface area contributed by atoms with Crippen LogP contribution < -0.4 is 10.2 Å². The number of carbonyl (C=O) groups is 1. The molecule has 1 heterocycles. The molecule has 0 fully saturated rings.